The molecule has 0 fully saturated rings. The average Bonchev–Trinajstić information content (AvgIpc) is 2.37. The van der Waals surface area contributed by atoms with Crippen molar-refractivity contribution in [2.24, 2.45) is 0 Å². The summed E-state index contributed by atoms with van der Waals surface area (Å²) < 4.78 is 24.6. The second-order valence-electron chi connectivity index (χ2n) is 5.70. The second kappa shape index (κ2) is 8.29. The molecule has 1 N–H and O–H groups in total. The van der Waals surface area contributed by atoms with Crippen LogP contribution in [0.25, 0.3) is 0 Å². The molecule has 2 atom stereocenters. The predicted molar refractivity (Wildman–Crippen MR) is 89.9 cm³/mol. The van der Waals surface area contributed by atoms with E-state index in [1.165, 1.54) is 5.57 Å². The fraction of sp³-hybridized carbons (Fsp3) is 0.562. The molecule has 1 heterocycles. The second-order valence-corrected chi connectivity index (χ2v) is 7.54. The Morgan fingerprint density at radius 3 is 2.59 bits per heavy atom. The normalized spacial score (nSPS) is 22.1. The molecule has 0 aromatic rings. The van der Waals surface area contributed by atoms with E-state index in [-0.39, 0.29) is 31.0 Å². The Bertz CT molecular complexity index is 552. The number of carbonyl (C=O) groups is 1. The van der Waals surface area contributed by atoms with E-state index >= 15 is 0 Å². The molecule has 0 aromatic carbocycles. The summed E-state index contributed by atoms with van der Waals surface area (Å²) in [5.41, 5.74) is 1.26. The third-order valence-electron chi connectivity index (χ3n) is 3.62. The maximum absolute atomic E-state index is 12.6. The highest BCUT2D eigenvalue weighted by Crippen LogP contribution is 2.27. The van der Waals surface area contributed by atoms with E-state index in [0.717, 1.165) is 19.1 Å². The van der Waals surface area contributed by atoms with Crippen molar-refractivity contribution in [2.75, 3.05) is 12.8 Å². The molecule has 5 nitrogen and oxygen atoms in total. The van der Waals surface area contributed by atoms with Crippen LogP contribution in [0.1, 0.15) is 32.6 Å². The lowest BCUT2D eigenvalue weighted by Gasteiger charge is -2.40. The molecule has 0 unspecified atom stereocenters. The molecule has 0 saturated carbocycles. The highest BCUT2D eigenvalue weighted by molar-refractivity contribution is 7.88. The lowest BCUT2D eigenvalue weighted by Crippen LogP contribution is -2.49. The van der Waals surface area contributed by atoms with Gasteiger partial charge in [-0.05, 0) is 26.2 Å². The van der Waals surface area contributed by atoms with Crippen molar-refractivity contribution in [3.63, 3.8) is 0 Å². The van der Waals surface area contributed by atoms with E-state index in [2.05, 4.69) is 30.9 Å². The Balaban J connectivity index is 2.84. The molecule has 0 radical (unpaired) electrons. The van der Waals surface area contributed by atoms with Gasteiger partial charge in [-0.1, -0.05) is 23.8 Å². The highest BCUT2D eigenvalue weighted by Gasteiger charge is 2.31. The van der Waals surface area contributed by atoms with Gasteiger partial charge in [0, 0.05) is 19.0 Å². The van der Waals surface area contributed by atoms with E-state index in [4.69, 9.17) is 0 Å². The van der Waals surface area contributed by atoms with Gasteiger partial charge in [0.05, 0.1) is 12.3 Å². The van der Waals surface area contributed by atoms with Crippen LogP contribution in [0.15, 0.2) is 37.0 Å². The third kappa shape index (κ3) is 5.77. The van der Waals surface area contributed by atoms with Crippen molar-refractivity contribution in [1.82, 2.24) is 9.62 Å². The molecule has 0 saturated heterocycles. The fourth-order valence-electron chi connectivity index (χ4n) is 2.82. The van der Waals surface area contributed by atoms with E-state index in [1.807, 2.05) is 11.0 Å². The summed E-state index contributed by atoms with van der Waals surface area (Å²) in [6.07, 6.45) is 9.21. The molecule has 1 rings (SSSR count). The van der Waals surface area contributed by atoms with Gasteiger partial charge in [0.2, 0.25) is 15.9 Å². The van der Waals surface area contributed by atoms with Crippen LogP contribution in [-0.4, -0.2) is 44.1 Å². The van der Waals surface area contributed by atoms with Crippen molar-refractivity contribution >= 4 is 15.9 Å². The zero-order chi connectivity index (χ0) is 16.8. The van der Waals surface area contributed by atoms with Crippen molar-refractivity contribution < 1.29 is 13.2 Å². The summed E-state index contributed by atoms with van der Waals surface area (Å²) in [7, 11) is -3.27. The number of hydrogen-bond donors (Lipinski definition) is 1. The molecule has 124 valence electrons. The Kier molecular flexibility index (Phi) is 7.03. The number of nitrogens with zero attached hydrogens (tertiary/aromatic N) is 1. The third-order valence-corrected chi connectivity index (χ3v) is 4.35. The monoisotopic (exact) mass is 326 g/mol. The predicted octanol–water partition coefficient (Wildman–Crippen LogP) is 1.99. The minimum Gasteiger partial charge on any atom is -0.332 e. The lowest BCUT2D eigenvalue weighted by atomic mass is 9.92. The molecule has 1 aliphatic rings. The molecule has 6 heteroatoms. The lowest BCUT2D eigenvalue weighted by molar-refractivity contribution is -0.135. The van der Waals surface area contributed by atoms with E-state index in [1.54, 1.807) is 6.08 Å². The number of nitrogens with one attached hydrogen (secondary N) is 1. The summed E-state index contributed by atoms with van der Waals surface area (Å²) >= 11 is 0. The SMILES string of the molecule is C=CC[C@H]1CC(C)=C[C@H](CC=C)N1C(=O)CCNS(C)(=O)=O. The van der Waals surface area contributed by atoms with Gasteiger partial charge >= 0.3 is 0 Å². The number of hydrogen-bond acceptors (Lipinski definition) is 3. The number of carbonyl (C=O) groups excluding carboxylic acids is 1. The Labute approximate surface area is 133 Å². The summed E-state index contributed by atoms with van der Waals surface area (Å²) in [5, 5.41) is 0. The average molecular weight is 326 g/mol. The number of rotatable bonds is 8. The van der Waals surface area contributed by atoms with Gasteiger partial charge in [0.1, 0.15) is 0 Å². The number of sulfonamides is 1. The van der Waals surface area contributed by atoms with Crippen LogP contribution < -0.4 is 4.72 Å². The molecule has 0 bridgehead atoms. The molecule has 0 aromatic heterocycles. The summed E-state index contributed by atoms with van der Waals surface area (Å²) in [6.45, 7) is 9.72. The maximum Gasteiger partial charge on any atom is 0.224 e. The zero-order valence-electron chi connectivity index (χ0n) is 13.4. The van der Waals surface area contributed by atoms with Crippen LogP contribution in [-0.2, 0) is 14.8 Å². The molecular weight excluding hydrogens is 300 g/mol. The quantitative estimate of drug-likeness (QED) is 0.694. The van der Waals surface area contributed by atoms with Crippen LogP contribution >= 0.6 is 0 Å². The van der Waals surface area contributed by atoms with E-state index < -0.39 is 10.0 Å². The summed E-state index contributed by atoms with van der Waals surface area (Å²) in [6, 6.07) is 0.0696. The molecule has 22 heavy (non-hydrogen) atoms. The largest absolute Gasteiger partial charge is 0.332 e. The van der Waals surface area contributed by atoms with Gasteiger partial charge in [-0.15, -0.1) is 13.2 Å². The molecular formula is C16H26N2O3S. The number of amides is 1. The van der Waals surface area contributed by atoms with Crippen LogP contribution in [0, 0.1) is 0 Å². The first-order valence-electron chi connectivity index (χ1n) is 7.43. The van der Waals surface area contributed by atoms with Gasteiger partial charge in [0.25, 0.3) is 0 Å². The standard InChI is InChI=1S/C16H26N2O3S/c1-5-7-14-11-13(3)12-15(8-6-2)18(14)16(19)9-10-17-22(4,20)21/h5-6,11,14-15,17H,1-2,7-10,12H2,3-4H3/t14-,15-/m0/s1. The fourth-order valence-corrected chi connectivity index (χ4v) is 3.29. The first-order chi connectivity index (χ1) is 10.3. The minimum absolute atomic E-state index is 0.0121. The van der Waals surface area contributed by atoms with Crippen molar-refractivity contribution in [2.45, 2.75) is 44.7 Å². The van der Waals surface area contributed by atoms with Crippen molar-refractivity contribution in [3.05, 3.63) is 37.0 Å². The van der Waals surface area contributed by atoms with Gasteiger partial charge in [-0.2, -0.15) is 0 Å². The maximum atomic E-state index is 12.6. The van der Waals surface area contributed by atoms with Crippen molar-refractivity contribution in [3.8, 4) is 0 Å². The van der Waals surface area contributed by atoms with E-state index in [0.29, 0.717) is 6.42 Å². The van der Waals surface area contributed by atoms with Gasteiger partial charge in [-0.25, -0.2) is 13.1 Å². The topological polar surface area (TPSA) is 66.5 Å². The Morgan fingerprint density at radius 1 is 1.41 bits per heavy atom. The Hall–Kier alpha value is -1.40. The minimum atomic E-state index is -3.27. The summed E-state index contributed by atoms with van der Waals surface area (Å²) in [5.74, 6) is -0.0430. The van der Waals surface area contributed by atoms with Crippen LogP contribution in [0.2, 0.25) is 0 Å². The smallest absolute Gasteiger partial charge is 0.224 e. The van der Waals surface area contributed by atoms with Gasteiger partial charge in [-0.3, -0.25) is 4.79 Å². The van der Waals surface area contributed by atoms with Gasteiger partial charge < -0.3 is 4.90 Å². The summed E-state index contributed by atoms with van der Waals surface area (Å²) in [4.78, 5) is 14.4. The van der Waals surface area contributed by atoms with Gasteiger partial charge in [0.15, 0.2) is 0 Å². The van der Waals surface area contributed by atoms with E-state index in [9.17, 15) is 13.2 Å². The molecule has 1 aliphatic heterocycles. The first kappa shape index (κ1) is 18.6. The van der Waals surface area contributed by atoms with Crippen LogP contribution in [0.5, 0.6) is 0 Å². The van der Waals surface area contributed by atoms with Crippen LogP contribution in [0.3, 0.4) is 0 Å². The first-order valence-corrected chi connectivity index (χ1v) is 9.32. The zero-order valence-corrected chi connectivity index (χ0v) is 14.2. The van der Waals surface area contributed by atoms with Crippen molar-refractivity contribution in [1.29, 1.82) is 0 Å². The molecule has 0 aliphatic carbocycles. The van der Waals surface area contributed by atoms with Crippen LogP contribution in [0.4, 0.5) is 0 Å². The Morgan fingerprint density at radius 2 is 2.05 bits per heavy atom. The highest BCUT2D eigenvalue weighted by atomic mass is 32.2. The molecule has 1 amide bonds. The molecule has 0 spiro atoms.